The number of amides is 1. The first kappa shape index (κ1) is 17.1. The number of benzene rings is 1. The van der Waals surface area contributed by atoms with Gasteiger partial charge in [0.2, 0.25) is 0 Å². The largest absolute Gasteiger partial charge is 0.347 e. The summed E-state index contributed by atoms with van der Waals surface area (Å²) in [7, 11) is 0. The number of pyridine rings is 1. The van der Waals surface area contributed by atoms with Crippen molar-refractivity contribution in [2.24, 2.45) is 5.92 Å². The van der Waals surface area contributed by atoms with Crippen LogP contribution in [-0.4, -0.2) is 44.3 Å². The Morgan fingerprint density at radius 2 is 1.85 bits per heavy atom. The Hall–Kier alpha value is -3.29. The first-order valence-electron chi connectivity index (χ1n) is 8.69. The number of nitrogens with zero attached hydrogens (tertiary/aromatic N) is 3. The Labute approximate surface area is 153 Å². The van der Waals surface area contributed by atoms with E-state index in [-0.39, 0.29) is 17.6 Å². The zero-order chi connectivity index (χ0) is 19.0. The van der Waals surface area contributed by atoms with Crippen molar-refractivity contribution in [1.29, 1.82) is 0 Å². The third-order valence-corrected chi connectivity index (χ3v) is 4.87. The number of rotatable bonds is 3. The average molecular weight is 368 g/mol. The van der Waals surface area contributed by atoms with Gasteiger partial charge in [-0.05, 0) is 49.2 Å². The van der Waals surface area contributed by atoms with Crippen LogP contribution in [0.5, 0.6) is 0 Å². The number of H-pyrrole nitrogens is 1. The normalized spacial score (nSPS) is 17.2. The van der Waals surface area contributed by atoms with Gasteiger partial charge >= 0.3 is 5.69 Å². The van der Waals surface area contributed by atoms with E-state index in [0.29, 0.717) is 42.7 Å². The van der Waals surface area contributed by atoms with Crippen LogP contribution >= 0.6 is 0 Å². The van der Waals surface area contributed by atoms with E-state index >= 15 is 0 Å². The quantitative estimate of drug-likeness (QED) is 0.715. The van der Waals surface area contributed by atoms with Crippen molar-refractivity contribution in [3.05, 3.63) is 70.0 Å². The number of nitrogens with one attached hydrogen (secondary N) is 1. The third-order valence-electron chi connectivity index (χ3n) is 4.87. The molecule has 3 aromatic rings. The van der Waals surface area contributed by atoms with Gasteiger partial charge in [0.15, 0.2) is 11.4 Å². The minimum atomic E-state index is -0.414. The van der Waals surface area contributed by atoms with Gasteiger partial charge in [-0.25, -0.2) is 18.7 Å². The number of aromatic nitrogens is 3. The average Bonchev–Trinajstić information content (AvgIpc) is 3.08. The maximum atomic E-state index is 13.1. The standard InChI is InChI=1S/C19H17FN4O3/c20-15-6-3-12(4-7-15)17(25)13-2-1-9-23(10-13)18(26)14-5-8-16-21-22-19(27)24(16)11-14/h3-8,11,13H,1-2,9-10H2,(H,22,27). The van der Waals surface area contributed by atoms with Crippen molar-refractivity contribution < 1.29 is 14.0 Å². The van der Waals surface area contributed by atoms with Crippen molar-refractivity contribution in [3.8, 4) is 0 Å². The molecule has 27 heavy (non-hydrogen) atoms. The molecule has 4 rings (SSSR count). The maximum Gasteiger partial charge on any atom is 0.347 e. The van der Waals surface area contributed by atoms with Gasteiger partial charge < -0.3 is 4.90 Å². The van der Waals surface area contributed by atoms with E-state index in [9.17, 15) is 18.8 Å². The molecule has 1 unspecified atom stereocenters. The van der Waals surface area contributed by atoms with Crippen molar-refractivity contribution in [1.82, 2.24) is 19.5 Å². The molecule has 7 nitrogen and oxygen atoms in total. The molecule has 1 saturated heterocycles. The van der Waals surface area contributed by atoms with Crippen LogP contribution in [0, 0.1) is 11.7 Å². The molecule has 0 bridgehead atoms. The van der Waals surface area contributed by atoms with Crippen LogP contribution in [0.4, 0.5) is 4.39 Å². The number of carbonyl (C=O) groups excluding carboxylic acids is 2. The summed E-state index contributed by atoms with van der Waals surface area (Å²) in [5.41, 5.74) is 0.824. The topological polar surface area (TPSA) is 87.5 Å². The molecule has 8 heteroatoms. The molecule has 1 aromatic carbocycles. The summed E-state index contributed by atoms with van der Waals surface area (Å²) in [5.74, 6) is -1.04. The van der Waals surface area contributed by atoms with Gasteiger partial charge in [0.1, 0.15) is 5.82 Å². The molecule has 0 saturated carbocycles. The number of carbonyl (C=O) groups is 2. The van der Waals surface area contributed by atoms with E-state index in [1.807, 2.05) is 0 Å². The van der Waals surface area contributed by atoms with E-state index in [1.165, 1.54) is 34.9 Å². The number of hydrogen-bond donors (Lipinski definition) is 1. The van der Waals surface area contributed by atoms with Crippen LogP contribution in [0.25, 0.3) is 5.65 Å². The first-order chi connectivity index (χ1) is 13.0. The van der Waals surface area contributed by atoms with Crippen LogP contribution < -0.4 is 5.69 Å². The van der Waals surface area contributed by atoms with E-state index in [2.05, 4.69) is 10.2 Å². The summed E-state index contributed by atoms with van der Waals surface area (Å²) in [6.07, 6.45) is 2.84. The van der Waals surface area contributed by atoms with E-state index in [1.54, 1.807) is 17.0 Å². The minimum Gasteiger partial charge on any atom is -0.338 e. The third kappa shape index (κ3) is 3.25. The van der Waals surface area contributed by atoms with Gasteiger partial charge in [0.25, 0.3) is 5.91 Å². The Morgan fingerprint density at radius 1 is 1.11 bits per heavy atom. The molecule has 1 N–H and O–H groups in total. The summed E-state index contributed by atoms with van der Waals surface area (Å²) in [6, 6.07) is 8.67. The number of halogens is 1. The molecule has 1 aliphatic rings. The van der Waals surface area contributed by atoms with Crippen LogP contribution in [-0.2, 0) is 0 Å². The monoisotopic (exact) mass is 368 g/mol. The zero-order valence-electron chi connectivity index (χ0n) is 14.4. The summed E-state index contributed by atoms with van der Waals surface area (Å²) in [6.45, 7) is 0.845. The number of ketones is 1. The first-order valence-corrected chi connectivity index (χ1v) is 8.69. The smallest absolute Gasteiger partial charge is 0.338 e. The lowest BCUT2D eigenvalue weighted by Crippen LogP contribution is -2.42. The summed E-state index contributed by atoms with van der Waals surface area (Å²) in [4.78, 5) is 38.9. The number of fused-ring (bicyclic) bond motifs is 1. The second-order valence-electron chi connectivity index (χ2n) is 6.64. The molecule has 138 valence electrons. The number of hydrogen-bond acceptors (Lipinski definition) is 4. The fraction of sp³-hybridized carbons (Fsp3) is 0.263. The van der Waals surface area contributed by atoms with Crippen LogP contribution in [0.1, 0.15) is 33.6 Å². The Bertz CT molecular complexity index is 1070. The summed E-state index contributed by atoms with van der Waals surface area (Å²) >= 11 is 0. The molecule has 1 atom stereocenters. The highest BCUT2D eigenvalue weighted by atomic mass is 19.1. The molecular formula is C19H17FN4O3. The molecule has 0 aliphatic carbocycles. The lowest BCUT2D eigenvalue weighted by atomic mass is 9.89. The van der Waals surface area contributed by atoms with Gasteiger partial charge in [0, 0.05) is 30.8 Å². The van der Waals surface area contributed by atoms with E-state index < -0.39 is 11.5 Å². The highest BCUT2D eigenvalue weighted by Crippen LogP contribution is 2.22. The number of likely N-dealkylation sites (tertiary alicyclic amines) is 1. The molecule has 2 aromatic heterocycles. The van der Waals surface area contributed by atoms with Crippen molar-refractivity contribution in [2.45, 2.75) is 12.8 Å². The van der Waals surface area contributed by atoms with Crippen LogP contribution in [0.15, 0.2) is 47.4 Å². The predicted octanol–water partition coefficient (Wildman–Crippen LogP) is 1.90. The summed E-state index contributed by atoms with van der Waals surface area (Å²) in [5, 5.41) is 6.16. The van der Waals surface area contributed by atoms with E-state index in [4.69, 9.17) is 0 Å². The predicted molar refractivity (Wildman–Crippen MR) is 95.2 cm³/mol. The number of Topliss-reactive ketones (excluding diaryl/α,β-unsaturated/α-hetero) is 1. The highest BCUT2D eigenvalue weighted by molar-refractivity contribution is 5.99. The second kappa shape index (κ2) is 6.79. The van der Waals surface area contributed by atoms with Crippen molar-refractivity contribution in [3.63, 3.8) is 0 Å². The fourth-order valence-electron chi connectivity index (χ4n) is 3.44. The van der Waals surface area contributed by atoms with E-state index in [0.717, 1.165) is 0 Å². The van der Waals surface area contributed by atoms with Gasteiger partial charge in [-0.15, -0.1) is 0 Å². The molecule has 0 radical (unpaired) electrons. The van der Waals surface area contributed by atoms with Crippen LogP contribution in [0.3, 0.4) is 0 Å². The van der Waals surface area contributed by atoms with Gasteiger partial charge in [-0.2, -0.15) is 5.10 Å². The molecule has 1 amide bonds. The second-order valence-corrected chi connectivity index (χ2v) is 6.64. The molecule has 1 fully saturated rings. The molecule has 0 spiro atoms. The minimum absolute atomic E-state index is 0.0889. The Balaban J connectivity index is 1.53. The lowest BCUT2D eigenvalue weighted by molar-refractivity contribution is 0.0636. The van der Waals surface area contributed by atoms with Gasteiger partial charge in [-0.3, -0.25) is 9.59 Å². The Kier molecular flexibility index (Phi) is 4.31. The number of aromatic amines is 1. The molecule has 1 aliphatic heterocycles. The van der Waals surface area contributed by atoms with Crippen LogP contribution in [0.2, 0.25) is 0 Å². The van der Waals surface area contributed by atoms with Crippen molar-refractivity contribution >= 4 is 17.3 Å². The Morgan fingerprint density at radius 3 is 2.63 bits per heavy atom. The molecular weight excluding hydrogens is 351 g/mol. The zero-order valence-corrected chi connectivity index (χ0v) is 14.4. The fourth-order valence-corrected chi connectivity index (χ4v) is 3.44. The van der Waals surface area contributed by atoms with Gasteiger partial charge in [-0.1, -0.05) is 0 Å². The maximum absolute atomic E-state index is 13.1. The molecule has 3 heterocycles. The summed E-state index contributed by atoms with van der Waals surface area (Å²) < 4.78 is 14.3. The SMILES string of the molecule is O=C(c1ccc(F)cc1)C1CCCN(C(=O)c2ccc3n[nH]c(=O)n3c2)C1. The lowest BCUT2D eigenvalue weighted by Gasteiger charge is -2.32. The van der Waals surface area contributed by atoms with Gasteiger partial charge in [0.05, 0.1) is 5.56 Å². The number of piperidine rings is 1. The van der Waals surface area contributed by atoms with Crippen molar-refractivity contribution in [2.75, 3.05) is 13.1 Å². The highest BCUT2D eigenvalue weighted by Gasteiger charge is 2.29.